The van der Waals surface area contributed by atoms with Crippen LogP contribution < -0.4 is 5.32 Å². The molecule has 0 bridgehead atoms. The topological polar surface area (TPSA) is 53.9 Å². The van der Waals surface area contributed by atoms with E-state index in [1.165, 1.54) is 53.4 Å². The molecule has 0 amide bonds. The number of ether oxygens (including phenoxy) is 1. The number of rotatable bonds is 6. The molecule has 0 radical (unpaired) electrons. The Labute approximate surface area is 231 Å². The maximum atomic E-state index is 14.1. The highest BCUT2D eigenvalue weighted by molar-refractivity contribution is 5.96. The molecular weight excluding hydrogens is 555 g/mol. The predicted octanol–water partition coefficient (Wildman–Crippen LogP) is 7.01. The number of hydrogen-bond acceptors (Lipinski definition) is 3. The molecule has 0 spiro atoms. The van der Waals surface area contributed by atoms with Crippen LogP contribution in [0.5, 0.6) is 0 Å². The number of carbonyl (C=O) groups is 1. The van der Waals surface area contributed by atoms with Crippen LogP contribution >= 0.6 is 0 Å². The van der Waals surface area contributed by atoms with Crippen molar-refractivity contribution in [3.63, 3.8) is 0 Å². The minimum absolute atomic E-state index is 0.0290. The third-order valence-electron chi connectivity index (χ3n) is 6.54. The molecule has 0 saturated heterocycles. The van der Waals surface area contributed by atoms with E-state index in [0.717, 1.165) is 25.3 Å². The van der Waals surface area contributed by atoms with E-state index in [1.54, 1.807) is 13.0 Å². The first-order chi connectivity index (χ1) is 19.3. The van der Waals surface area contributed by atoms with Crippen molar-refractivity contribution >= 4 is 11.9 Å². The summed E-state index contributed by atoms with van der Waals surface area (Å²) in [6, 6.07) is 13.6. The standard InChI is InChI=1S/C29H24F7N3O2/c1-17-24(26(40)41-2)25(19-7-5-8-22(30)14-19)38-27(37-15-20-6-3-4-9-23(20)29(34,35)36)39(17)16-18-10-12-21(13-11-18)28(31,32)33/h3-14,25H,15-16H2,1-2H3,(H,37,38). The minimum Gasteiger partial charge on any atom is -0.466 e. The van der Waals surface area contributed by atoms with Gasteiger partial charge in [0.25, 0.3) is 0 Å². The number of methoxy groups -OCH3 is 1. The first-order valence-electron chi connectivity index (χ1n) is 12.2. The highest BCUT2D eigenvalue weighted by atomic mass is 19.4. The molecule has 1 aliphatic heterocycles. The molecule has 0 aliphatic carbocycles. The lowest BCUT2D eigenvalue weighted by atomic mass is 9.94. The van der Waals surface area contributed by atoms with Gasteiger partial charge in [0.05, 0.1) is 42.9 Å². The van der Waals surface area contributed by atoms with E-state index >= 15 is 0 Å². The molecule has 4 rings (SSSR count). The van der Waals surface area contributed by atoms with Crippen molar-refractivity contribution in [1.82, 2.24) is 10.2 Å². The van der Waals surface area contributed by atoms with Gasteiger partial charge in [0, 0.05) is 5.70 Å². The molecule has 5 nitrogen and oxygen atoms in total. The van der Waals surface area contributed by atoms with E-state index in [1.807, 2.05) is 0 Å². The number of allylic oxidation sites excluding steroid dienone is 1. The summed E-state index contributed by atoms with van der Waals surface area (Å²) in [4.78, 5) is 18.8. The van der Waals surface area contributed by atoms with Crippen molar-refractivity contribution in [2.24, 2.45) is 4.99 Å². The highest BCUT2D eigenvalue weighted by Gasteiger charge is 2.37. The first-order valence-corrected chi connectivity index (χ1v) is 12.2. The van der Waals surface area contributed by atoms with Gasteiger partial charge in [-0.3, -0.25) is 0 Å². The van der Waals surface area contributed by atoms with Gasteiger partial charge in [-0.05, 0) is 53.9 Å². The van der Waals surface area contributed by atoms with Crippen molar-refractivity contribution in [3.05, 3.63) is 118 Å². The summed E-state index contributed by atoms with van der Waals surface area (Å²) in [6.45, 7) is 1.04. The molecule has 1 N–H and O–H groups in total. The van der Waals surface area contributed by atoms with Gasteiger partial charge in [0.2, 0.25) is 0 Å². The molecule has 3 aromatic rings. The summed E-state index contributed by atoms with van der Waals surface area (Å²) in [5.41, 5.74) is -0.792. The number of carbonyl (C=O) groups excluding carboxylic acids is 1. The largest absolute Gasteiger partial charge is 0.466 e. The van der Waals surface area contributed by atoms with E-state index in [-0.39, 0.29) is 29.3 Å². The number of esters is 1. The summed E-state index contributed by atoms with van der Waals surface area (Å²) in [5.74, 6) is -1.32. The van der Waals surface area contributed by atoms with Gasteiger partial charge in [-0.1, -0.05) is 42.5 Å². The number of guanidine groups is 1. The molecule has 216 valence electrons. The average molecular weight is 580 g/mol. The zero-order valence-corrected chi connectivity index (χ0v) is 21.8. The van der Waals surface area contributed by atoms with Gasteiger partial charge in [-0.25, -0.2) is 14.2 Å². The number of nitrogens with one attached hydrogen (secondary N) is 1. The molecule has 1 atom stereocenters. The van der Waals surface area contributed by atoms with Gasteiger partial charge >= 0.3 is 18.3 Å². The van der Waals surface area contributed by atoms with Crippen LogP contribution in [0.25, 0.3) is 0 Å². The van der Waals surface area contributed by atoms with Crippen LogP contribution in [-0.4, -0.2) is 23.9 Å². The van der Waals surface area contributed by atoms with Gasteiger partial charge in [0.15, 0.2) is 5.96 Å². The zero-order valence-electron chi connectivity index (χ0n) is 21.8. The molecule has 0 fully saturated rings. The lowest BCUT2D eigenvalue weighted by Crippen LogP contribution is -2.48. The molecule has 0 saturated carbocycles. The maximum Gasteiger partial charge on any atom is 0.416 e. The SMILES string of the molecule is COC(=O)C1=C(C)N(Cc2ccc(C(F)(F)F)cc2)C(=NCc2ccccc2C(F)(F)F)NC1c1cccc(F)c1. The number of benzene rings is 3. The Balaban J connectivity index is 1.82. The molecule has 12 heteroatoms. The Kier molecular flexibility index (Phi) is 8.41. The number of aliphatic imine (C=N–C) groups is 1. The van der Waals surface area contributed by atoms with Crippen molar-refractivity contribution < 1.29 is 40.3 Å². The monoisotopic (exact) mass is 579 g/mol. The van der Waals surface area contributed by atoms with Gasteiger partial charge in [0.1, 0.15) is 5.82 Å². The minimum atomic E-state index is -4.63. The van der Waals surface area contributed by atoms with E-state index in [4.69, 9.17) is 4.74 Å². The van der Waals surface area contributed by atoms with Crippen molar-refractivity contribution in [1.29, 1.82) is 0 Å². The number of halogens is 7. The molecule has 1 aliphatic rings. The molecule has 41 heavy (non-hydrogen) atoms. The second-order valence-electron chi connectivity index (χ2n) is 9.20. The summed E-state index contributed by atoms with van der Waals surface area (Å²) in [6.07, 6.45) is -9.18. The van der Waals surface area contributed by atoms with Crippen molar-refractivity contribution in [2.75, 3.05) is 7.11 Å². The third kappa shape index (κ3) is 6.69. The molecular formula is C29H24F7N3O2. The molecule has 1 heterocycles. The average Bonchev–Trinajstić information content (AvgIpc) is 2.92. The normalized spacial score (nSPS) is 17.0. The Morgan fingerprint density at radius 1 is 0.951 bits per heavy atom. The number of alkyl halides is 6. The van der Waals surface area contributed by atoms with E-state index in [0.29, 0.717) is 11.1 Å². The number of hydrogen-bond donors (Lipinski definition) is 1. The predicted molar refractivity (Wildman–Crippen MR) is 137 cm³/mol. The maximum absolute atomic E-state index is 14.1. The fraction of sp³-hybridized carbons (Fsp3) is 0.241. The lowest BCUT2D eigenvalue weighted by Gasteiger charge is -2.38. The highest BCUT2D eigenvalue weighted by Crippen LogP contribution is 2.35. The van der Waals surface area contributed by atoms with Gasteiger partial charge in [-0.15, -0.1) is 0 Å². The van der Waals surface area contributed by atoms with Gasteiger partial charge in [-0.2, -0.15) is 26.3 Å². The Morgan fingerprint density at radius 2 is 1.63 bits per heavy atom. The van der Waals surface area contributed by atoms with Crippen LogP contribution in [0.2, 0.25) is 0 Å². The summed E-state index contributed by atoms with van der Waals surface area (Å²) in [7, 11) is 1.16. The van der Waals surface area contributed by atoms with Crippen molar-refractivity contribution in [2.45, 2.75) is 38.4 Å². The summed E-state index contributed by atoms with van der Waals surface area (Å²) in [5, 5.41) is 3.02. The Bertz CT molecular complexity index is 1480. The quantitative estimate of drug-likeness (QED) is 0.252. The van der Waals surface area contributed by atoms with Crippen LogP contribution in [0.15, 0.2) is 89.1 Å². The van der Waals surface area contributed by atoms with Crippen LogP contribution in [-0.2, 0) is 35.0 Å². The van der Waals surface area contributed by atoms with E-state index in [2.05, 4.69) is 10.3 Å². The molecule has 1 unspecified atom stereocenters. The second kappa shape index (κ2) is 11.6. The van der Waals surface area contributed by atoms with Crippen LogP contribution in [0.4, 0.5) is 30.7 Å². The Morgan fingerprint density at radius 3 is 2.24 bits per heavy atom. The van der Waals surface area contributed by atoms with E-state index < -0.39 is 47.9 Å². The third-order valence-corrected chi connectivity index (χ3v) is 6.54. The van der Waals surface area contributed by atoms with Crippen LogP contribution in [0.3, 0.4) is 0 Å². The fourth-order valence-corrected chi connectivity index (χ4v) is 4.50. The smallest absolute Gasteiger partial charge is 0.416 e. The van der Waals surface area contributed by atoms with E-state index in [9.17, 15) is 35.5 Å². The zero-order chi connectivity index (χ0) is 29.9. The summed E-state index contributed by atoms with van der Waals surface area (Å²) >= 11 is 0. The van der Waals surface area contributed by atoms with Crippen LogP contribution in [0, 0.1) is 5.82 Å². The summed E-state index contributed by atoms with van der Waals surface area (Å²) < 4.78 is 99.2. The lowest BCUT2D eigenvalue weighted by molar-refractivity contribution is -0.138. The number of nitrogens with zero attached hydrogens (tertiary/aromatic N) is 2. The second-order valence-corrected chi connectivity index (χ2v) is 9.20. The van der Waals surface area contributed by atoms with Crippen LogP contribution in [0.1, 0.15) is 40.8 Å². The Hall–Kier alpha value is -4.35. The van der Waals surface area contributed by atoms with Crippen molar-refractivity contribution in [3.8, 4) is 0 Å². The molecule has 3 aromatic carbocycles. The van der Waals surface area contributed by atoms with Gasteiger partial charge < -0.3 is 15.0 Å². The first kappa shape index (κ1) is 29.6. The fourth-order valence-electron chi connectivity index (χ4n) is 4.50. The molecule has 0 aromatic heterocycles.